The second-order valence-electron chi connectivity index (χ2n) is 8.09. The van der Waals surface area contributed by atoms with Crippen LogP contribution in [0.15, 0.2) is 29.3 Å². The summed E-state index contributed by atoms with van der Waals surface area (Å²) in [5, 5.41) is 24.5. The number of nitriles is 1. The average Bonchev–Trinajstić information content (AvgIpc) is 2.72. The minimum absolute atomic E-state index is 0.0272. The van der Waals surface area contributed by atoms with Crippen molar-refractivity contribution in [1.29, 1.82) is 5.26 Å². The molecular formula is C21H23ClN8O3. The van der Waals surface area contributed by atoms with E-state index in [9.17, 15) is 14.9 Å². The molecule has 1 atom stereocenters. The van der Waals surface area contributed by atoms with Crippen molar-refractivity contribution in [2.45, 2.75) is 45.3 Å². The molecule has 172 valence electrons. The molecule has 1 aromatic carbocycles. The molecule has 0 bridgehead atoms. The van der Waals surface area contributed by atoms with Crippen molar-refractivity contribution in [2.75, 3.05) is 11.1 Å². The summed E-state index contributed by atoms with van der Waals surface area (Å²) in [4.78, 5) is 37.1. The first-order chi connectivity index (χ1) is 15.5. The van der Waals surface area contributed by atoms with E-state index in [0.717, 1.165) is 0 Å². The Kier molecular flexibility index (Phi) is 6.69. The Morgan fingerprint density at radius 1 is 1.39 bits per heavy atom. The number of rotatable bonds is 7. The summed E-state index contributed by atoms with van der Waals surface area (Å²) in [6.07, 6.45) is 0.375. The molecule has 0 saturated heterocycles. The van der Waals surface area contributed by atoms with Crippen molar-refractivity contribution in [3.05, 3.63) is 51.3 Å². The van der Waals surface area contributed by atoms with Crippen LogP contribution in [0.25, 0.3) is 10.9 Å². The van der Waals surface area contributed by atoms with Crippen LogP contribution in [-0.2, 0) is 6.54 Å². The van der Waals surface area contributed by atoms with Crippen molar-refractivity contribution in [3.63, 3.8) is 0 Å². The van der Waals surface area contributed by atoms with Gasteiger partial charge in [0.25, 0.3) is 5.56 Å². The average molecular weight is 471 g/mol. The van der Waals surface area contributed by atoms with Gasteiger partial charge in [-0.15, -0.1) is 0 Å². The van der Waals surface area contributed by atoms with Gasteiger partial charge in [-0.3, -0.25) is 9.36 Å². The number of nitrogens with zero attached hydrogens (tertiary/aromatic N) is 5. The Balaban J connectivity index is 2.09. The number of anilines is 2. The van der Waals surface area contributed by atoms with Crippen LogP contribution in [0.1, 0.15) is 44.6 Å². The van der Waals surface area contributed by atoms with Crippen molar-refractivity contribution >= 4 is 40.2 Å². The number of halogens is 1. The van der Waals surface area contributed by atoms with E-state index < -0.39 is 17.7 Å². The van der Waals surface area contributed by atoms with Crippen LogP contribution in [-0.4, -0.2) is 36.3 Å². The van der Waals surface area contributed by atoms with Gasteiger partial charge in [0.2, 0.25) is 0 Å². The lowest BCUT2D eigenvalue weighted by molar-refractivity contribution is 0.179. The van der Waals surface area contributed by atoms with Gasteiger partial charge in [0.15, 0.2) is 0 Å². The smallest absolute Gasteiger partial charge is 0.405 e. The predicted octanol–water partition coefficient (Wildman–Crippen LogP) is 2.90. The summed E-state index contributed by atoms with van der Waals surface area (Å²) in [5.74, 6) is 0.596. The molecule has 5 N–H and O–H groups in total. The third kappa shape index (κ3) is 5.12. The number of hydrogen-bond acceptors (Lipinski definition) is 8. The summed E-state index contributed by atoms with van der Waals surface area (Å²) >= 11 is 6.29. The third-order valence-electron chi connectivity index (χ3n) is 5.10. The van der Waals surface area contributed by atoms with Gasteiger partial charge in [-0.25, -0.2) is 19.7 Å². The fraction of sp³-hybridized carbons (Fsp3) is 0.333. The predicted molar refractivity (Wildman–Crippen MR) is 124 cm³/mol. The van der Waals surface area contributed by atoms with Gasteiger partial charge >= 0.3 is 6.09 Å². The molecule has 0 radical (unpaired) electrons. The summed E-state index contributed by atoms with van der Waals surface area (Å²) in [6, 6.07) is 6.38. The molecule has 0 aliphatic heterocycles. The van der Waals surface area contributed by atoms with Crippen molar-refractivity contribution < 1.29 is 9.90 Å². The monoisotopic (exact) mass is 470 g/mol. The lowest BCUT2D eigenvalue weighted by atomic mass is 10.0. The summed E-state index contributed by atoms with van der Waals surface area (Å²) in [5.41, 5.74) is 5.11. The van der Waals surface area contributed by atoms with Gasteiger partial charge in [-0.05, 0) is 39.3 Å². The highest BCUT2D eigenvalue weighted by molar-refractivity contribution is 6.35. The molecule has 0 spiro atoms. The van der Waals surface area contributed by atoms with Crippen molar-refractivity contribution in [1.82, 2.24) is 24.8 Å². The van der Waals surface area contributed by atoms with Crippen LogP contribution in [0.4, 0.5) is 16.4 Å². The van der Waals surface area contributed by atoms with Gasteiger partial charge in [-0.2, -0.15) is 5.26 Å². The van der Waals surface area contributed by atoms with Crippen LogP contribution in [0, 0.1) is 11.3 Å². The van der Waals surface area contributed by atoms with Crippen molar-refractivity contribution in [3.8, 4) is 6.07 Å². The number of benzene rings is 1. The highest BCUT2D eigenvalue weighted by atomic mass is 35.5. The van der Waals surface area contributed by atoms with E-state index >= 15 is 0 Å². The van der Waals surface area contributed by atoms with Crippen LogP contribution < -0.4 is 21.9 Å². The molecule has 2 heterocycles. The minimum Gasteiger partial charge on any atom is -0.465 e. The molecule has 0 fully saturated rings. The zero-order chi connectivity index (χ0) is 24.3. The number of nitrogen functional groups attached to an aromatic ring is 1. The number of nitrogens with two attached hydrogens (primary N) is 1. The summed E-state index contributed by atoms with van der Waals surface area (Å²) < 4.78 is 1.45. The maximum Gasteiger partial charge on any atom is 0.405 e. The van der Waals surface area contributed by atoms with E-state index in [0.29, 0.717) is 17.8 Å². The maximum absolute atomic E-state index is 13.4. The lowest BCUT2D eigenvalue weighted by Gasteiger charge is -2.26. The molecule has 1 unspecified atom stereocenters. The number of carbonyl (C=O) groups is 1. The second kappa shape index (κ2) is 9.30. The van der Waals surface area contributed by atoms with Gasteiger partial charge in [0, 0.05) is 12.1 Å². The number of hydrogen-bond donors (Lipinski definition) is 4. The van der Waals surface area contributed by atoms with Gasteiger partial charge in [-0.1, -0.05) is 17.7 Å². The van der Waals surface area contributed by atoms with E-state index in [4.69, 9.17) is 22.4 Å². The molecule has 11 nitrogen and oxygen atoms in total. The van der Waals surface area contributed by atoms with Gasteiger partial charge < -0.3 is 21.5 Å². The fourth-order valence-electron chi connectivity index (χ4n) is 3.42. The fourth-order valence-corrected chi connectivity index (χ4v) is 3.67. The number of amides is 1. The Morgan fingerprint density at radius 2 is 2.12 bits per heavy atom. The second-order valence-corrected chi connectivity index (χ2v) is 8.49. The van der Waals surface area contributed by atoms with E-state index in [1.165, 1.54) is 10.9 Å². The molecule has 12 heteroatoms. The first-order valence-electron chi connectivity index (χ1n) is 10.0. The molecule has 0 aliphatic rings. The highest BCUT2D eigenvalue weighted by Gasteiger charge is 2.24. The molecule has 0 aliphatic carbocycles. The van der Waals surface area contributed by atoms with Gasteiger partial charge in [0.05, 0.1) is 22.0 Å². The number of fused-ring (bicyclic) bond motifs is 1. The SMILES string of the molecule is CC(Nc1ncnc(N)c1C#N)c1nc2cccc(Cl)c2c(=O)n1CCC(C)(C)NC(=O)O. The van der Waals surface area contributed by atoms with Crippen molar-refractivity contribution in [2.24, 2.45) is 0 Å². The Labute approximate surface area is 194 Å². The first kappa shape index (κ1) is 23.7. The highest BCUT2D eigenvalue weighted by Crippen LogP contribution is 2.25. The normalized spacial score (nSPS) is 12.2. The number of aromatic nitrogens is 4. The molecule has 0 saturated carbocycles. The molecule has 3 aromatic rings. The number of nitrogens with one attached hydrogen (secondary N) is 2. The minimum atomic E-state index is -1.16. The molecule has 33 heavy (non-hydrogen) atoms. The number of carboxylic acid groups (broad SMARTS) is 1. The van der Waals surface area contributed by atoms with E-state index in [1.807, 2.05) is 6.07 Å². The summed E-state index contributed by atoms with van der Waals surface area (Å²) in [6.45, 7) is 5.36. The van der Waals surface area contributed by atoms with Gasteiger partial charge in [0.1, 0.15) is 35.4 Å². The molecule has 1 amide bonds. The zero-order valence-electron chi connectivity index (χ0n) is 18.3. The largest absolute Gasteiger partial charge is 0.465 e. The topological polar surface area (TPSA) is 172 Å². The van der Waals surface area contributed by atoms with E-state index in [-0.39, 0.29) is 39.7 Å². The first-order valence-corrected chi connectivity index (χ1v) is 10.4. The molecule has 2 aromatic heterocycles. The Bertz CT molecular complexity index is 1320. The van der Waals surface area contributed by atoms with E-state index in [2.05, 4.69) is 25.6 Å². The Morgan fingerprint density at radius 3 is 2.79 bits per heavy atom. The maximum atomic E-state index is 13.4. The third-order valence-corrected chi connectivity index (χ3v) is 5.41. The lowest BCUT2D eigenvalue weighted by Crippen LogP contribution is -2.44. The zero-order valence-corrected chi connectivity index (χ0v) is 19.0. The van der Waals surface area contributed by atoms with E-state index in [1.54, 1.807) is 39.0 Å². The standard InChI is InChI=1S/C21H23ClN8O3/c1-11(27-17-12(9-23)16(24)25-10-26-17)18-28-14-6-4-5-13(22)15(14)19(31)30(18)8-7-21(2,3)29-20(32)33/h4-6,10-11,29H,7-8H2,1-3H3,(H,32,33)(H3,24,25,26,27). The van der Waals surface area contributed by atoms with Crippen LogP contribution in [0.3, 0.4) is 0 Å². The van der Waals surface area contributed by atoms with Crippen LogP contribution >= 0.6 is 11.6 Å². The van der Waals surface area contributed by atoms with Crippen LogP contribution in [0.2, 0.25) is 5.02 Å². The van der Waals surface area contributed by atoms with Crippen LogP contribution in [0.5, 0.6) is 0 Å². The molecular weight excluding hydrogens is 448 g/mol. The summed E-state index contributed by atoms with van der Waals surface area (Å²) in [7, 11) is 0. The Hall–Kier alpha value is -3.91. The molecule has 3 rings (SSSR count). The quantitative estimate of drug-likeness (QED) is 0.405.